The Balaban J connectivity index is 1.64. The summed E-state index contributed by atoms with van der Waals surface area (Å²) in [5.41, 5.74) is 1.34. The van der Waals surface area contributed by atoms with Gasteiger partial charge in [0.15, 0.2) is 5.82 Å². The molecule has 0 aliphatic rings. The van der Waals surface area contributed by atoms with Crippen molar-refractivity contribution in [2.24, 2.45) is 0 Å². The minimum absolute atomic E-state index is 0.104. The molecular formula is C19H21N5O4S. The third-order valence-corrected chi connectivity index (χ3v) is 4.97. The lowest BCUT2D eigenvalue weighted by Crippen LogP contribution is -2.16. The van der Waals surface area contributed by atoms with E-state index in [0.717, 1.165) is 11.3 Å². The van der Waals surface area contributed by atoms with E-state index >= 15 is 0 Å². The maximum Gasteiger partial charge on any atom is 0.234 e. The largest absolute Gasteiger partial charge is 0.497 e. The number of amides is 1. The van der Waals surface area contributed by atoms with Crippen LogP contribution in [-0.4, -0.2) is 47.9 Å². The molecule has 1 heterocycles. The van der Waals surface area contributed by atoms with Gasteiger partial charge in [0, 0.05) is 11.6 Å². The van der Waals surface area contributed by atoms with Crippen molar-refractivity contribution in [1.29, 1.82) is 0 Å². The average molecular weight is 415 g/mol. The first-order valence-corrected chi connectivity index (χ1v) is 9.54. The van der Waals surface area contributed by atoms with Crippen LogP contribution in [0, 0.1) is 0 Å². The van der Waals surface area contributed by atoms with Crippen LogP contribution in [0.4, 0.5) is 5.69 Å². The Morgan fingerprint density at radius 3 is 2.38 bits per heavy atom. The summed E-state index contributed by atoms with van der Waals surface area (Å²) in [5, 5.41) is 11.4. The molecule has 3 rings (SSSR count). The molecule has 10 heteroatoms. The highest BCUT2D eigenvalue weighted by Crippen LogP contribution is 2.29. The molecule has 29 heavy (non-hydrogen) atoms. The lowest BCUT2D eigenvalue weighted by molar-refractivity contribution is -0.113. The Hall–Kier alpha value is -3.40. The topological polar surface area (TPSA) is 114 Å². The fraction of sp³-hybridized carbons (Fsp3) is 0.211. The number of hydrogen-bond acceptors (Lipinski definition) is 8. The van der Waals surface area contributed by atoms with Gasteiger partial charge in [0.1, 0.15) is 17.2 Å². The van der Waals surface area contributed by atoms with Crippen LogP contribution in [0.25, 0.3) is 11.4 Å². The van der Waals surface area contributed by atoms with Gasteiger partial charge in [-0.05, 0) is 36.4 Å². The molecule has 1 aromatic heterocycles. The summed E-state index contributed by atoms with van der Waals surface area (Å²) in [4.78, 5) is 12.3. The van der Waals surface area contributed by atoms with Crippen LogP contribution >= 0.6 is 11.8 Å². The Kier molecular flexibility index (Phi) is 6.45. The third kappa shape index (κ3) is 4.72. The van der Waals surface area contributed by atoms with Crippen LogP contribution in [-0.2, 0) is 4.79 Å². The summed E-state index contributed by atoms with van der Waals surface area (Å²) in [7, 11) is 4.69. The van der Waals surface area contributed by atoms with Crippen molar-refractivity contribution in [2.75, 3.05) is 38.2 Å². The van der Waals surface area contributed by atoms with Crippen LogP contribution in [0.1, 0.15) is 0 Å². The van der Waals surface area contributed by atoms with Crippen LogP contribution < -0.4 is 25.4 Å². The molecule has 3 aromatic rings. The first kappa shape index (κ1) is 20.3. The van der Waals surface area contributed by atoms with Gasteiger partial charge in [-0.3, -0.25) is 4.79 Å². The number of nitrogens with two attached hydrogens (primary N) is 1. The molecule has 0 fully saturated rings. The number of nitrogens with one attached hydrogen (secondary N) is 1. The van der Waals surface area contributed by atoms with Crippen molar-refractivity contribution in [2.45, 2.75) is 5.16 Å². The van der Waals surface area contributed by atoms with Gasteiger partial charge < -0.3 is 25.4 Å². The van der Waals surface area contributed by atoms with Crippen LogP contribution in [0.2, 0.25) is 0 Å². The van der Waals surface area contributed by atoms with E-state index in [0.29, 0.717) is 28.2 Å². The average Bonchev–Trinajstić information content (AvgIpc) is 3.12. The number of rotatable bonds is 8. The zero-order valence-corrected chi connectivity index (χ0v) is 17.0. The van der Waals surface area contributed by atoms with Crippen molar-refractivity contribution in [3.05, 3.63) is 42.5 Å². The second-order valence-corrected chi connectivity index (χ2v) is 6.75. The predicted molar refractivity (Wildman–Crippen MR) is 111 cm³/mol. The number of benzene rings is 2. The molecule has 152 valence electrons. The molecule has 0 aliphatic heterocycles. The van der Waals surface area contributed by atoms with E-state index in [4.69, 9.17) is 20.1 Å². The second kappa shape index (κ2) is 9.20. The molecule has 0 radical (unpaired) electrons. The summed E-state index contributed by atoms with van der Waals surface area (Å²) in [6.07, 6.45) is 0. The first-order valence-electron chi connectivity index (χ1n) is 8.55. The van der Waals surface area contributed by atoms with Crippen molar-refractivity contribution in [1.82, 2.24) is 14.9 Å². The predicted octanol–water partition coefficient (Wildman–Crippen LogP) is 2.42. The standard InChI is InChI=1S/C19H21N5O4S/c1-26-13-6-4-12(5-7-13)18-22-23-19(24(18)20)29-11-17(25)21-15-9-8-14(27-2)10-16(15)28-3/h4-10H,11,20H2,1-3H3,(H,21,25). The monoisotopic (exact) mass is 415 g/mol. The number of hydrogen-bond donors (Lipinski definition) is 2. The third-order valence-electron chi connectivity index (χ3n) is 4.03. The number of thioether (sulfide) groups is 1. The zero-order valence-electron chi connectivity index (χ0n) is 16.2. The van der Waals surface area contributed by atoms with E-state index in [2.05, 4.69) is 15.5 Å². The van der Waals surface area contributed by atoms with Gasteiger partial charge in [0.05, 0.1) is 32.8 Å². The molecular weight excluding hydrogens is 394 g/mol. The van der Waals surface area contributed by atoms with Crippen LogP contribution in [0.15, 0.2) is 47.6 Å². The van der Waals surface area contributed by atoms with E-state index in [9.17, 15) is 4.79 Å². The van der Waals surface area contributed by atoms with E-state index < -0.39 is 0 Å². The summed E-state index contributed by atoms with van der Waals surface area (Å²) >= 11 is 1.18. The number of nitrogens with zero attached hydrogens (tertiary/aromatic N) is 3. The van der Waals surface area contributed by atoms with E-state index in [1.807, 2.05) is 24.3 Å². The molecule has 0 saturated carbocycles. The number of methoxy groups -OCH3 is 3. The van der Waals surface area contributed by atoms with Gasteiger partial charge in [0.25, 0.3) is 0 Å². The normalized spacial score (nSPS) is 10.4. The lowest BCUT2D eigenvalue weighted by atomic mass is 10.2. The molecule has 3 N–H and O–H groups in total. The number of anilines is 1. The molecule has 2 aromatic carbocycles. The summed E-state index contributed by atoms with van der Waals surface area (Å²) in [6, 6.07) is 12.4. The quantitative estimate of drug-likeness (QED) is 0.426. The van der Waals surface area contributed by atoms with Gasteiger partial charge in [-0.15, -0.1) is 10.2 Å². The molecule has 0 aliphatic carbocycles. The smallest absolute Gasteiger partial charge is 0.234 e. The molecule has 0 unspecified atom stereocenters. The van der Waals surface area contributed by atoms with E-state index in [1.54, 1.807) is 32.4 Å². The fourth-order valence-corrected chi connectivity index (χ4v) is 3.19. The van der Waals surface area contributed by atoms with Crippen molar-refractivity contribution in [3.63, 3.8) is 0 Å². The summed E-state index contributed by atoms with van der Waals surface area (Å²) < 4.78 is 16.9. The maximum absolute atomic E-state index is 12.3. The number of carbonyl (C=O) groups is 1. The summed E-state index contributed by atoms with van der Waals surface area (Å²) in [5.74, 6) is 8.34. The van der Waals surface area contributed by atoms with Crippen LogP contribution in [0.3, 0.4) is 0 Å². The molecule has 0 atom stereocenters. The highest BCUT2D eigenvalue weighted by molar-refractivity contribution is 7.99. The number of ether oxygens (including phenoxy) is 3. The highest BCUT2D eigenvalue weighted by Gasteiger charge is 2.15. The van der Waals surface area contributed by atoms with Gasteiger partial charge in [0.2, 0.25) is 11.1 Å². The van der Waals surface area contributed by atoms with E-state index in [1.165, 1.54) is 23.5 Å². The number of carbonyl (C=O) groups excluding carboxylic acids is 1. The Bertz CT molecular complexity index is 991. The Morgan fingerprint density at radius 2 is 1.72 bits per heavy atom. The molecule has 1 amide bonds. The number of aromatic nitrogens is 3. The minimum atomic E-state index is -0.229. The molecule has 0 spiro atoms. The molecule has 0 bridgehead atoms. The lowest BCUT2D eigenvalue weighted by Gasteiger charge is -2.11. The Labute approximate surface area is 172 Å². The molecule has 9 nitrogen and oxygen atoms in total. The minimum Gasteiger partial charge on any atom is -0.497 e. The first-order chi connectivity index (χ1) is 14.0. The highest BCUT2D eigenvalue weighted by atomic mass is 32.2. The fourth-order valence-electron chi connectivity index (χ4n) is 2.53. The van der Waals surface area contributed by atoms with Crippen LogP contribution in [0.5, 0.6) is 17.2 Å². The van der Waals surface area contributed by atoms with Gasteiger partial charge >= 0.3 is 0 Å². The van der Waals surface area contributed by atoms with Crippen molar-refractivity contribution in [3.8, 4) is 28.6 Å². The second-order valence-electron chi connectivity index (χ2n) is 5.81. The zero-order chi connectivity index (χ0) is 20.8. The van der Waals surface area contributed by atoms with E-state index in [-0.39, 0.29) is 11.7 Å². The van der Waals surface area contributed by atoms with Crippen molar-refractivity contribution < 1.29 is 19.0 Å². The number of nitrogen functional groups attached to an aromatic ring is 1. The summed E-state index contributed by atoms with van der Waals surface area (Å²) in [6.45, 7) is 0. The maximum atomic E-state index is 12.3. The van der Waals surface area contributed by atoms with Crippen molar-refractivity contribution >= 4 is 23.4 Å². The molecule has 0 saturated heterocycles. The van der Waals surface area contributed by atoms with Gasteiger partial charge in [-0.1, -0.05) is 11.8 Å². The van der Waals surface area contributed by atoms with Gasteiger partial charge in [-0.2, -0.15) is 0 Å². The SMILES string of the molecule is COc1ccc(-c2nnc(SCC(=O)Nc3ccc(OC)cc3OC)n2N)cc1. The van der Waals surface area contributed by atoms with Gasteiger partial charge in [-0.25, -0.2) is 4.68 Å². The Morgan fingerprint density at radius 1 is 1.03 bits per heavy atom.